The summed E-state index contributed by atoms with van der Waals surface area (Å²) in [6.07, 6.45) is 0. The van der Waals surface area contributed by atoms with Crippen LogP contribution in [0.15, 0.2) is 23.4 Å². The van der Waals surface area contributed by atoms with Crippen molar-refractivity contribution in [2.45, 2.75) is 13.8 Å². The number of aromatic nitrogens is 2. The number of nitrogens with two attached hydrogens (primary N) is 1. The van der Waals surface area contributed by atoms with Crippen LogP contribution < -0.4 is 10.5 Å². The van der Waals surface area contributed by atoms with E-state index in [1.54, 1.807) is 22.9 Å². The number of aryl methyl sites for hydroxylation is 2. The molecule has 0 saturated heterocycles. The third kappa shape index (κ3) is 2.55. The summed E-state index contributed by atoms with van der Waals surface area (Å²) in [4.78, 5) is 0. The molecule has 0 aliphatic rings. The van der Waals surface area contributed by atoms with Gasteiger partial charge in [-0.2, -0.15) is 5.10 Å². The van der Waals surface area contributed by atoms with Crippen LogP contribution in [0.1, 0.15) is 17.0 Å². The highest BCUT2D eigenvalue weighted by Gasteiger charge is 2.13. The summed E-state index contributed by atoms with van der Waals surface area (Å²) in [5, 5.41) is 16.2. The molecule has 7 heteroatoms. The van der Waals surface area contributed by atoms with Crippen LogP contribution in [0.3, 0.4) is 0 Å². The van der Waals surface area contributed by atoms with Crippen LogP contribution in [-0.2, 0) is 7.05 Å². The summed E-state index contributed by atoms with van der Waals surface area (Å²) in [6, 6.07) is 4.94. The standard InChI is InChI=1S/C13H15ClN4O2/c1-7-12(8(2)18(3)16-7)20-9-4-5-10(11(14)6-9)13(15)17-19/h4-6,19H,1-3H3,(H2,15,17). The van der Waals surface area contributed by atoms with E-state index in [2.05, 4.69) is 10.3 Å². The van der Waals surface area contributed by atoms with E-state index in [1.807, 2.05) is 20.9 Å². The van der Waals surface area contributed by atoms with Crippen LogP contribution in [0, 0.1) is 13.8 Å². The number of nitrogens with zero attached hydrogens (tertiary/aromatic N) is 3. The second-order valence-electron chi connectivity index (χ2n) is 4.35. The van der Waals surface area contributed by atoms with Gasteiger partial charge >= 0.3 is 0 Å². The summed E-state index contributed by atoms with van der Waals surface area (Å²) >= 11 is 6.08. The minimum absolute atomic E-state index is 0.0460. The Kier molecular flexibility index (Phi) is 3.85. The maximum Gasteiger partial charge on any atom is 0.171 e. The smallest absolute Gasteiger partial charge is 0.171 e. The first-order valence-electron chi connectivity index (χ1n) is 5.89. The molecule has 0 unspecified atom stereocenters. The lowest BCUT2D eigenvalue weighted by atomic mass is 10.2. The van der Waals surface area contributed by atoms with Crippen LogP contribution in [0.4, 0.5) is 0 Å². The van der Waals surface area contributed by atoms with Gasteiger partial charge in [0.15, 0.2) is 11.6 Å². The first-order chi connectivity index (χ1) is 9.43. The van der Waals surface area contributed by atoms with Gasteiger partial charge in [-0.05, 0) is 26.0 Å². The van der Waals surface area contributed by atoms with Gasteiger partial charge < -0.3 is 15.7 Å². The summed E-state index contributed by atoms with van der Waals surface area (Å²) in [5.74, 6) is 1.21. The zero-order valence-electron chi connectivity index (χ0n) is 11.4. The minimum atomic E-state index is -0.0460. The van der Waals surface area contributed by atoms with Gasteiger partial charge in [-0.1, -0.05) is 16.8 Å². The molecule has 0 spiro atoms. The third-order valence-corrected chi connectivity index (χ3v) is 3.30. The fourth-order valence-corrected chi connectivity index (χ4v) is 2.11. The van der Waals surface area contributed by atoms with E-state index >= 15 is 0 Å². The predicted molar refractivity (Wildman–Crippen MR) is 76.7 cm³/mol. The third-order valence-electron chi connectivity index (χ3n) is 2.99. The Labute approximate surface area is 121 Å². The molecule has 6 nitrogen and oxygen atoms in total. The Morgan fingerprint density at radius 2 is 2.15 bits per heavy atom. The molecule has 0 amide bonds. The van der Waals surface area contributed by atoms with Gasteiger partial charge in [0.05, 0.1) is 10.7 Å². The minimum Gasteiger partial charge on any atom is -0.453 e. The molecule has 20 heavy (non-hydrogen) atoms. The normalized spacial score (nSPS) is 11.7. The van der Waals surface area contributed by atoms with Crippen molar-refractivity contribution in [3.05, 3.63) is 40.2 Å². The number of oxime groups is 1. The molecule has 1 heterocycles. The molecular weight excluding hydrogens is 280 g/mol. The average Bonchev–Trinajstić information content (AvgIpc) is 2.65. The van der Waals surface area contributed by atoms with Gasteiger partial charge in [-0.25, -0.2) is 0 Å². The van der Waals surface area contributed by atoms with Crippen molar-refractivity contribution in [1.82, 2.24) is 9.78 Å². The molecule has 0 aliphatic heterocycles. The van der Waals surface area contributed by atoms with E-state index in [-0.39, 0.29) is 5.84 Å². The fraction of sp³-hybridized carbons (Fsp3) is 0.231. The quantitative estimate of drug-likeness (QED) is 0.394. The number of hydrogen-bond acceptors (Lipinski definition) is 4. The molecule has 1 aromatic carbocycles. The molecule has 0 atom stereocenters. The molecule has 1 aromatic heterocycles. The average molecular weight is 295 g/mol. The highest BCUT2D eigenvalue weighted by molar-refractivity contribution is 6.34. The van der Waals surface area contributed by atoms with Gasteiger partial charge in [0.1, 0.15) is 11.4 Å². The van der Waals surface area contributed by atoms with Crippen molar-refractivity contribution in [2.75, 3.05) is 0 Å². The Morgan fingerprint density at radius 1 is 1.45 bits per heavy atom. The lowest BCUT2D eigenvalue weighted by molar-refractivity contribution is 0.318. The summed E-state index contributed by atoms with van der Waals surface area (Å²) < 4.78 is 7.55. The SMILES string of the molecule is Cc1nn(C)c(C)c1Oc1ccc(C(N)=NO)c(Cl)c1. The second kappa shape index (κ2) is 5.42. The Bertz CT molecular complexity index is 679. The van der Waals surface area contributed by atoms with Crippen molar-refractivity contribution in [3.8, 4) is 11.5 Å². The van der Waals surface area contributed by atoms with Gasteiger partial charge in [0, 0.05) is 18.7 Å². The molecule has 106 valence electrons. The largest absolute Gasteiger partial charge is 0.453 e. The highest BCUT2D eigenvalue weighted by Crippen LogP contribution is 2.30. The number of halogens is 1. The summed E-state index contributed by atoms with van der Waals surface area (Å²) in [6.45, 7) is 3.79. The molecule has 0 aliphatic carbocycles. The number of hydrogen-bond donors (Lipinski definition) is 2. The van der Waals surface area contributed by atoms with E-state index in [0.29, 0.717) is 22.1 Å². The second-order valence-corrected chi connectivity index (χ2v) is 4.76. The molecular formula is C13H15ClN4O2. The van der Waals surface area contributed by atoms with Crippen LogP contribution in [0.5, 0.6) is 11.5 Å². The van der Waals surface area contributed by atoms with Gasteiger partial charge in [-0.3, -0.25) is 4.68 Å². The van der Waals surface area contributed by atoms with Crippen molar-refractivity contribution >= 4 is 17.4 Å². The molecule has 3 N–H and O–H groups in total. The van der Waals surface area contributed by atoms with Gasteiger partial charge in [0.25, 0.3) is 0 Å². The van der Waals surface area contributed by atoms with E-state index in [1.165, 1.54) is 0 Å². The lowest BCUT2D eigenvalue weighted by Crippen LogP contribution is -2.13. The first-order valence-corrected chi connectivity index (χ1v) is 6.27. The van der Waals surface area contributed by atoms with Crippen molar-refractivity contribution < 1.29 is 9.94 Å². The Balaban J connectivity index is 2.34. The molecule has 0 radical (unpaired) electrons. The first kappa shape index (κ1) is 14.2. The van der Waals surface area contributed by atoms with Crippen LogP contribution in [0.25, 0.3) is 0 Å². The fourth-order valence-electron chi connectivity index (χ4n) is 1.84. The summed E-state index contributed by atoms with van der Waals surface area (Å²) in [7, 11) is 1.85. The zero-order valence-corrected chi connectivity index (χ0v) is 12.1. The predicted octanol–water partition coefficient (Wildman–Crippen LogP) is 2.58. The molecule has 2 aromatic rings. The number of ether oxygens (including phenoxy) is 1. The molecule has 0 fully saturated rings. The van der Waals surface area contributed by atoms with Gasteiger partial charge in [0.2, 0.25) is 0 Å². The Hall–Kier alpha value is -2.21. The van der Waals surface area contributed by atoms with Crippen LogP contribution >= 0.6 is 11.6 Å². The maximum absolute atomic E-state index is 8.65. The lowest BCUT2D eigenvalue weighted by Gasteiger charge is -2.08. The molecule has 0 bridgehead atoms. The van der Waals surface area contributed by atoms with Gasteiger partial charge in [-0.15, -0.1) is 0 Å². The van der Waals surface area contributed by atoms with Crippen molar-refractivity contribution in [1.29, 1.82) is 0 Å². The van der Waals surface area contributed by atoms with Crippen LogP contribution in [0.2, 0.25) is 5.02 Å². The summed E-state index contributed by atoms with van der Waals surface area (Å²) in [5.41, 5.74) is 7.67. The Morgan fingerprint density at radius 3 is 2.65 bits per heavy atom. The molecule has 0 saturated carbocycles. The van der Waals surface area contributed by atoms with E-state index < -0.39 is 0 Å². The maximum atomic E-state index is 8.65. The number of amidine groups is 1. The monoisotopic (exact) mass is 294 g/mol. The van der Waals surface area contributed by atoms with Crippen molar-refractivity contribution in [3.63, 3.8) is 0 Å². The van der Waals surface area contributed by atoms with Crippen molar-refractivity contribution in [2.24, 2.45) is 17.9 Å². The number of rotatable bonds is 3. The van der Waals surface area contributed by atoms with E-state index in [0.717, 1.165) is 11.4 Å². The topological polar surface area (TPSA) is 85.7 Å². The van der Waals surface area contributed by atoms with Crippen LogP contribution in [-0.4, -0.2) is 20.8 Å². The van der Waals surface area contributed by atoms with E-state index in [9.17, 15) is 0 Å². The highest BCUT2D eigenvalue weighted by atomic mass is 35.5. The zero-order chi connectivity index (χ0) is 14.9. The van der Waals surface area contributed by atoms with E-state index in [4.69, 9.17) is 27.3 Å². The molecule has 2 rings (SSSR count). The number of benzene rings is 1.